The monoisotopic (exact) mass is 292 g/mol. The summed E-state index contributed by atoms with van der Waals surface area (Å²) in [5, 5.41) is 14.7. The van der Waals surface area contributed by atoms with Crippen molar-refractivity contribution in [3.05, 3.63) is 28.3 Å². The van der Waals surface area contributed by atoms with Gasteiger partial charge in [0, 0.05) is 6.04 Å². The molecule has 0 bridgehead atoms. The molecule has 116 valence electrons. The van der Waals surface area contributed by atoms with E-state index in [9.17, 15) is 10.1 Å². The summed E-state index contributed by atoms with van der Waals surface area (Å²) in [4.78, 5) is 10.9. The molecule has 1 atom stereocenters. The van der Waals surface area contributed by atoms with Gasteiger partial charge in [-0.15, -0.1) is 0 Å². The summed E-state index contributed by atoms with van der Waals surface area (Å²) < 4.78 is 5.35. The first-order valence-corrected chi connectivity index (χ1v) is 7.62. The van der Waals surface area contributed by atoms with Crippen LogP contribution in [0.3, 0.4) is 0 Å². The smallest absolute Gasteiger partial charge is 0.296 e. The van der Waals surface area contributed by atoms with E-state index in [0.717, 1.165) is 12.8 Å². The van der Waals surface area contributed by atoms with Crippen molar-refractivity contribution >= 4 is 11.4 Å². The second-order valence-corrected chi connectivity index (χ2v) is 6.30. The van der Waals surface area contributed by atoms with Crippen molar-refractivity contribution in [3.8, 4) is 5.75 Å². The van der Waals surface area contributed by atoms with Crippen molar-refractivity contribution in [2.45, 2.75) is 52.5 Å². The molecule has 1 unspecified atom stereocenters. The van der Waals surface area contributed by atoms with Crippen LogP contribution in [0.4, 0.5) is 11.4 Å². The van der Waals surface area contributed by atoms with E-state index in [4.69, 9.17) is 4.74 Å². The molecule has 1 saturated carbocycles. The van der Waals surface area contributed by atoms with Crippen LogP contribution in [0.15, 0.2) is 18.2 Å². The van der Waals surface area contributed by atoms with Crippen LogP contribution in [0, 0.1) is 15.5 Å². The molecule has 0 radical (unpaired) electrons. The zero-order valence-corrected chi connectivity index (χ0v) is 13.0. The van der Waals surface area contributed by atoms with Crippen molar-refractivity contribution in [2.75, 3.05) is 11.9 Å². The van der Waals surface area contributed by atoms with E-state index < -0.39 is 0 Å². The number of nitrogens with one attached hydrogen (secondary N) is 1. The highest BCUT2D eigenvalue weighted by Gasteiger charge is 2.33. The first kappa shape index (κ1) is 15.6. The Morgan fingerprint density at radius 2 is 2.19 bits per heavy atom. The Kier molecular flexibility index (Phi) is 4.70. The molecule has 0 aromatic heterocycles. The second-order valence-electron chi connectivity index (χ2n) is 6.30. The number of hydrogen-bond acceptors (Lipinski definition) is 4. The van der Waals surface area contributed by atoms with Crippen LogP contribution >= 0.6 is 0 Å². The van der Waals surface area contributed by atoms with Crippen molar-refractivity contribution < 1.29 is 9.66 Å². The summed E-state index contributed by atoms with van der Waals surface area (Å²) in [6.07, 6.45) is 4.61. The van der Waals surface area contributed by atoms with E-state index in [0.29, 0.717) is 18.0 Å². The summed E-state index contributed by atoms with van der Waals surface area (Å²) in [6.45, 7) is 6.82. The highest BCUT2D eigenvalue weighted by molar-refractivity contribution is 5.64. The predicted molar refractivity (Wildman–Crippen MR) is 83.9 cm³/mol. The minimum absolute atomic E-state index is 0.0855. The van der Waals surface area contributed by atoms with Crippen LogP contribution in [-0.4, -0.2) is 17.6 Å². The third kappa shape index (κ3) is 3.65. The molecule has 5 heteroatoms. The van der Waals surface area contributed by atoms with E-state index in [1.54, 1.807) is 12.1 Å². The lowest BCUT2D eigenvalue weighted by atomic mass is 9.73. The van der Waals surface area contributed by atoms with E-state index >= 15 is 0 Å². The number of anilines is 1. The molecule has 1 N–H and O–H groups in total. The Bertz CT molecular complexity index is 514. The molecule has 1 aliphatic carbocycles. The van der Waals surface area contributed by atoms with Gasteiger partial charge in [-0.05, 0) is 37.3 Å². The lowest BCUT2D eigenvalue weighted by molar-refractivity contribution is -0.384. The second kappa shape index (κ2) is 6.33. The molecule has 2 rings (SSSR count). The van der Waals surface area contributed by atoms with Crippen LogP contribution in [0.5, 0.6) is 5.75 Å². The van der Waals surface area contributed by atoms with Gasteiger partial charge >= 0.3 is 0 Å². The average Bonchev–Trinajstić information content (AvgIpc) is 2.42. The van der Waals surface area contributed by atoms with Crippen LogP contribution in [0.2, 0.25) is 0 Å². The molecule has 0 amide bonds. The summed E-state index contributed by atoms with van der Waals surface area (Å²) in [5.41, 5.74) is 0.829. The van der Waals surface area contributed by atoms with Crippen molar-refractivity contribution in [1.29, 1.82) is 0 Å². The Labute approximate surface area is 125 Å². The Hall–Kier alpha value is -1.78. The summed E-state index contributed by atoms with van der Waals surface area (Å²) >= 11 is 0. The van der Waals surface area contributed by atoms with E-state index in [-0.39, 0.29) is 22.1 Å². The van der Waals surface area contributed by atoms with Gasteiger partial charge in [0.2, 0.25) is 0 Å². The molecule has 1 aromatic carbocycles. The zero-order valence-electron chi connectivity index (χ0n) is 13.0. The molecular weight excluding hydrogens is 268 g/mol. The predicted octanol–water partition coefficient (Wildman–Crippen LogP) is 4.37. The minimum Gasteiger partial charge on any atom is -0.494 e. The molecule has 0 spiro atoms. The van der Waals surface area contributed by atoms with Crippen molar-refractivity contribution in [3.63, 3.8) is 0 Å². The molecule has 0 saturated heterocycles. The highest BCUT2D eigenvalue weighted by Crippen LogP contribution is 2.39. The van der Waals surface area contributed by atoms with Gasteiger partial charge in [-0.1, -0.05) is 26.7 Å². The summed E-state index contributed by atoms with van der Waals surface area (Å²) in [5.74, 6) is 0.539. The fourth-order valence-corrected chi connectivity index (χ4v) is 2.99. The van der Waals surface area contributed by atoms with Gasteiger partial charge in [0.25, 0.3) is 5.69 Å². The maximum absolute atomic E-state index is 11.3. The topological polar surface area (TPSA) is 64.4 Å². The van der Waals surface area contributed by atoms with Crippen LogP contribution in [-0.2, 0) is 0 Å². The largest absolute Gasteiger partial charge is 0.494 e. The van der Waals surface area contributed by atoms with Gasteiger partial charge in [-0.2, -0.15) is 0 Å². The first-order chi connectivity index (χ1) is 9.94. The lowest BCUT2D eigenvalue weighted by Crippen LogP contribution is -2.39. The van der Waals surface area contributed by atoms with Crippen LogP contribution < -0.4 is 10.1 Å². The number of benzene rings is 1. The number of nitro groups is 1. The molecular formula is C16H24N2O3. The van der Waals surface area contributed by atoms with Gasteiger partial charge in [0.15, 0.2) is 0 Å². The van der Waals surface area contributed by atoms with Crippen molar-refractivity contribution in [1.82, 2.24) is 0 Å². The minimum atomic E-state index is -0.347. The zero-order chi connectivity index (χ0) is 15.5. The number of ether oxygens (including phenoxy) is 1. The molecule has 5 nitrogen and oxygen atoms in total. The third-order valence-corrected chi connectivity index (χ3v) is 4.31. The molecule has 21 heavy (non-hydrogen) atoms. The molecule has 1 fully saturated rings. The number of nitro benzene ring substituents is 1. The van der Waals surface area contributed by atoms with Gasteiger partial charge in [-0.25, -0.2) is 0 Å². The molecule has 1 aromatic rings. The average molecular weight is 292 g/mol. The summed E-state index contributed by atoms with van der Waals surface area (Å²) in [7, 11) is 0. The molecule has 1 aliphatic rings. The molecule has 0 heterocycles. The maximum atomic E-state index is 11.3. The Morgan fingerprint density at radius 1 is 1.43 bits per heavy atom. The third-order valence-electron chi connectivity index (χ3n) is 4.31. The quantitative estimate of drug-likeness (QED) is 0.646. The van der Waals surface area contributed by atoms with Crippen molar-refractivity contribution in [2.24, 2.45) is 5.41 Å². The van der Waals surface area contributed by atoms with Gasteiger partial charge in [0.1, 0.15) is 11.4 Å². The fraction of sp³-hybridized carbons (Fsp3) is 0.625. The molecule has 0 aliphatic heterocycles. The first-order valence-electron chi connectivity index (χ1n) is 7.62. The fourth-order valence-electron chi connectivity index (χ4n) is 2.99. The number of hydrogen-bond donors (Lipinski definition) is 1. The number of nitrogens with zero attached hydrogens (tertiary/aromatic N) is 1. The maximum Gasteiger partial charge on any atom is 0.296 e. The van der Waals surface area contributed by atoms with E-state index in [1.807, 2.05) is 6.92 Å². The van der Waals surface area contributed by atoms with Crippen LogP contribution in [0.25, 0.3) is 0 Å². The van der Waals surface area contributed by atoms with Gasteiger partial charge in [0.05, 0.1) is 17.6 Å². The Balaban J connectivity index is 2.24. The number of rotatable bonds is 5. The Morgan fingerprint density at radius 3 is 2.81 bits per heavy atom. The van der Waals surface area contributed by atoms with E-state index in [2.05, 4.69) is 19.2 Å². The standard InChI is InChI=1S/C16H24N2O3/c1-4-21-12-8-9-13(14(11-12)18(19)20)17-15-7-5-6-10-16(15,2)3/h8-9,11,15,17H,4-7,10H2,1-3H3. The van der Waals surface area contributed by atoms with Gasteiger partial charge in [-0.3, -0.25) is 10.1 Å². The van der Waals surface area contributed by atoms with E-state index in [1.165, 1.54) is 18.9 Å². The van der Waals surface area contributed by atoms with Gasteiger partial charge < -0.3 is 10.1 Å². The van der Waals surface area contributed by atoms with Crippen LogP contribution in [0.1, 0.15) is 46.5 Å². The SMILES string of the molecule is CCOc1ccc(NC2CCCCC2(C)C)c([N+](=O)[O-])c1. The lowest BCUT2D eigenvalue weighted by Gasteiger charge is -2.39. The highest BCUT2D eigenvalue weighted by atomic mass is 16.6. The normalized spacial score (nSPS) is 20.8. The summed E-state index contributed by atoms with van der Waals surface area (Å²) in [6, 6.07) is 5.31.